The molecule has 0 atom stereocenters. The summed E-state index contributed by atoms with van der Waals surface area (Å²) < 4.78 is 10.9. The highest BCUT2D eigenvalue weighted by atomic mass is 16.5. The van der Waals surface area contributed by atoms with Crippen molar-refractivity contribution < 1.29 is 9.47 Å². The van der Waals surface area contributed by atoms with Gasteiger partial charge in [0.15, 0.2) is 11.5 Å². The van der Waals surface area contributed by atoms with E-state index >= 15 is 0 Å². The van der Waals surface area contributed by atoms with Crippen LogP contribution in [0.15, 0.2) is 84.0 Å². The Morgan fingerprint density at radius 2 is 1.35 bits per heavy atom. The third kappa shape index (κ3) is 4.89. The summed E-state index contributed by atoms with van der Waals surface area (Å²) >= 11 is 0. The van der Waals surface area contributed by atoms with Crippen molar-refractivity contribution in [3.8, 4) is 11.5 Å². The van der Waals surface area contributed by atoms with Crippen LogP contribution in [-0.2, 0) is 0 Å². The van der Waals surface area contributed by atoms with E-state index in [1.807, 2.05) is 24.4 Å². The fourth-order valence-corrected chi connectivity index (χ4v) is 4.13. The highest BCUT2D eigenvalue weighted by molar-refractivity contribution is 5.84. The molecule has 0 bridgehead atoms. The Kier molecular flexibility index (Phi) is 6.85. The third-order valence-corrected chi connectivity index (χ3v) is 5.68. The quantitative estimate of drug-likeness (QED) is 0.535. The van der Waals surface area contributed by atoms with Crippen LogP contribution < -0.4 is 9.47 Å². The second-order valence-electron chi connectivity index (χ2n) is 7.54. The Hall–Kier alpha value is -3.31. The minimum Gasteiger partial charge on any atom is -0.493 e. The number of piperazine rings is 1. The van der Waals surface area contributed by atoms with Crippen LogP contribution in [0.25, 0.3) is 0 Å². The molecular weight excluding hydrogens is 386 g/mol. The molecule has 3 aromatic carbocycles. The molecule has 1 aliphatic rings. The molecule has 0 saturated carbocycles. The lowest BCUT2D eigenvalue weighted by Gasteiger charge is -2.38. The van der Waals surface area contributed by atoms with E-state index in [0.29, 0.717) is 11.5 Å². The van der Waals surface area contributed by atoms with Gasteiger partial charge in [-0.2, -0.15) is 5.10 Å². The van der Waals surface area contributed by atoms with Crippen LogP contribution in [0, 0.1) is 0 Å². The zero-order valence-electron chi connectivity index (χ0n) is 18.1. The van der Waals surface area contributed by atoms with Crippen molar-refractivity contribution in [2.24, 2.45) is 5.10 Å². The average Bonchev–Trinajstić information content (AvgIpc) is 2.84. The Balaban J connectivity index is 1.47. The van der Waals surface area contributed by atoms with Crippen LogP contribution in [0.3, 0.4) is 0 Å². The van der Waals surface area contributed by atoms with Crippen LogP contribution >= 0.6 is 0 Å². The van der Waals surface area contributed by atoms with Gasteiger partial charge in [0, 0.05) is 31.7 Å². The predicted octanol–water partition coefficient (Wildman–Crippen LogP) is 4.44. The molecule has 0 radical (unpaired) electrons. The number of hydrogen-bond donors (Lipinski definition) is 0. The van der Waals surface area contributed by atoms with E-state index in [4.69, 9.17) is 14.6 Å². The van der Waals surface area contributed by atoms with Crippen molar-refractivity contribution in [3.63, 3.8) is 0 Å². The normalized spacial score (nSPS) is 14.9. The van der Waals surface area contributed by atoms with E-state index in [9.17, 15) is 0 Å². The summed E-state index contributed by atoms with van der Waals surface area (Å²) in [6.07, 6.45) is 1.86. The van der Waals surface area contributed by atoms with E-state index in [0.717, 1.165) is 31.7 Å². The van der Waals surface area contributed by atoms with E-state index in [1.165, 1.54) is 11.1 Å². The molecule has 0 amide bonds. The molecule has 5 nitrogen and oxygen atoms in total. The summed E-state index contributed by atoms with van der Waals surface area (Å²) in [5.41, 5.74) is 3.56. The van der Waals surface area contributed by atoms with Gasteiger partial charge < -0.3 is 9.47 Å². The SMILES string of the molecule is COc1cccc(/C=N/N2CCN(C(c3ccccc3)c3ccccc3)CC2)c1OC. The van der Waals surface area contributed by atoms with Crippen LogP contribution in [0.2, 0.25) is 0 Å². The Morgan fingerprint density at radius 1 is 0.742 bits per heavy atom. The van der Waals surface area contributed by atoms with Crippen molar-refractivity contribution in [1.29, 1.82) is 0 Å². The Labute approximate surface area is 184 Å². The van der Waals surface area contributed by atoms with Gasteiger partial charge in [0.25, 0.3) is 0 Å². The van der Waals surface area contributed by atoms with E-state index < -0.39 is 0 Å². The number of methoxy groups -OCH3 is 2. The molecule has 0 unspecified atom stereocenters. The van der Waals surface area contributed by atoms with Gasteiger partial charge >= 0.3 is 0 Å². The molecule has 1 saturated heterocycles. The van der Waals surface area contributed by atoms with Gasteiger partial charge in [0.2, 0.25) is 0 Å². The molecule has 0 aromatic heterocycles. The smallest absolute Gasteiger partial charge is 0.169 e. The van der Waals surface area contributed by atoms with Crippen LogP contribution in [0.1, 0.15) is 22.7 Å². The topological polar surface area (TPSA) is 37.3 Å². The number of rotatable bonds is 7. The average molecular weight is 416 g/mol. The third-order valence-electron chi connectivity index (χ3n) is 5.68. The fourth-order valence-electron chi connectivity index (χ4n) is 4.13. The second kappa shape index (κ2) is 10.1. The fraction of sp³-hybridized carbons (Fsp3) is 0.269. The molecule has 1 heterocycles. The van der Waals surface area contributed by atoms with Crippen molar-refractivity contribution in [3.05, 3.63) is 95.6 Å². The van der Waals surface area contributed by atoms with E-state index in [2.05, 4.69) is 70.6 Å². The largest absolute Gasteiger partial charge is 0.493 e. The number of hydrogen-bond acceptors (Lipinski definition) is 5. The van der Waals surface area contributed by atoms with Crippen molar-refractivity contribution in [2.45, 2.75) is 6.04 Å². The zero-order chi connectivity index (χ0) is 21.5. The molecule has 4 rings (SSSR count). The Morgan fingerprint density at radius 3 is 1.90 bits per heavy atom. The number of hydrazone groups is 1. The van der Waals surface area contributed by atoms with Gasteiger partial charge in [-0.3, -0.25) is 9.91 Å². The predicted molar refractivity (Wildman–Crippen MR) is 125 cm³/mol. The summed E-state index contributed by atoms with van der Waals surface area (Å²) in [5.74, 6) is 1.42. The van der Waals surface area contributed by atoms with Crippen molar-refractivity contribution in [1.82, 2.24) is 9.91 Å². The maximum atomic E-state index is 5.51. The highest BCUT2D eigenvalue weighted by Gasteiger charge is 2.25. The second-order valence-corrected chi connectivity index (χ2v) is 7.54. The maximum absolute atomic E-state index is 5.51. The van der Waals surface area contributed by atoms with Crippen LogP contribution in [-0.4, -0.2) is 56.5 Å². The number of ether oxygens (including phenoxy) is 2. The molecule has 160 valence electrons. The lowest BCUT2D eigenvalue weighted by atomic mass is 9.96. The van der Waals surface area contributed by atoms with Gasteiger partial charge in [-0.15, -0.1) is 0 Å². The van der Waals surface area contributed by atoms with Crippen molar-refractivity contribution in [2.75, 3.05) is 40.4 Å². The minimum atomic E-state index is 0.256. The standard InChI is InChI=1S/C26H29N3O2/c1-30-24-15-9-14-23(26(24)31-2)20-27-29-18-16-28(17-19-29)25(21-10-5-3-6-11-21)22-12-7-4-8-13-22/h3-15,20,25H,16-19H2,1-2H3/b27-20+. The van der Waals surface area contributed by atoms with E-state index in [1.54, 1.807) is 14.2 Å². The molecule has 0 aliphatic carbocycles. The summed E-state index contributed by atoms with van der Waals surface area (Å²) in [4.78, 5) is 2.54. The first-order chi connectivity index (χ1) is 15.3. The number of para-hydroxylation sites is 1. The minimum absolute atomic E-state index is 0.256. The lowest BCUT2D eigenvalue weighted by molar-refractivity contribution is 0.113. The molecule has 1 aliphatic heterocycles. The van der Waals surface area contributed by atoms with Gasteiger partial charge in [-0.25, -0.2) is 0 Å². The van der Waals surface area contributed by atoms with E-state index in [-0.39, 0.29) is 6.04 Å². The molecule has 31 heavy (non-hydrogen) atoms. The number of benzene rings is 3. The first-order valence-corrected chi connectivity index (χ1v) is 10.6. The molecule has 3 aromatic rings. The summed E-state index contributed by atoms with van der Waals surface area (Å²) in [6, 6.07) is 27.6. The first-order valence-electron chi connectivity index (χ1n) is 10.6. The maximum Gasteiger partial charge on any atom is 0.169 e. The Bertz CT molecular complexity index is 945. The van der Waals surface area contributed by atoms with Gasteiger partial charge in [0.05, 0.1) is 26.5 Å². The van der Waals surface area contributed by atoms with Crippen LogP contribution in [0.5, 0.6) is 11.5 Å². The van der Waals surface area contributed by atoms with Crippen molar-refractivity contribution >= 4 is 6.21 Å². The molecular formula is C26H29N3O2. The highest BCUT2D eigenvalue weighted by Crippen LogP contribution is 2.31. The molecule has 1 fully saturated rings. The summed E-state index contributed by atoms with van der Waals surface area (Å²) in [6.45, 7) is 3.64. The summed E-state index contributed by atoms with van der Waals surface area (Å²) in [5, 5.41) is 6.85. The molecule has 0 N–H and O–H groups in total. The zero-order valence-corrected chi connectivity index (χ0v) is 18.1. The number of nitrogens with zero attached hydrogens (tertiary/aromatic N) is 3. The van der Waals surface area contributed by atoms with Gasteiger partial charge in [-0.1, -0.05) is 66.7 Å². The van der Waals surface area contributed by atoms with Gasteiger partial charge in [-0.05, 0) is 23.3 Å². The lowest BCUT2D eigenvalue weighted by Crippen LogP contribution is -2.45. The van der Waals surface area contributed by atoms with Crippen LogP contribution in [0.4, 0.5) is 0 Å². The first kappa shape index (κ1) is 20.9. The molecule has 5 heteroatoms. The van der Waals surface area contributed by atoms with Gasteiger partial charge in [0.1, 0.15) is 0 Å². The monoisotopic (exact) mass is 415 g/mol. The summed E-state index contributed by atoms with van der Waals surface area (Å²) in [7, 11) is 3.30. The molecule has 0 spiro atoms.